The smallest absolute Gasteiger partial charge is 0.214 e. The molecular weight excluding hydrogens is 236 g/mol. The summed E-state index contributed by atoms with van der Waals surface area (Å²) in [5.41, 5.74) is 0. The molecule has 0 aromatic carbocycles. The second-order valence-corrected chi connectivity index (χ2v) is 7.40. The second kappa shape index (κ2) is 7.34. The molecule has 0 atom stereocenters. The van der Waals surface area contributed by atoms with Gasteiger partial charge >= 0.3 is 0 Å². The third-order valence-electron chi connectivity index (χ3n) is 3.45. The number of nitrogens with zero attached hydrogens (tertiary/aromatic N) is 1. The van der Waals surface area contributed by atoms with Crippen molar-refractivity contribution >= 4 is 10.0 Å². The average molecular weight is 262 g/mol. The van der Waals surface area contributed by atoms with Gasteiger partial charge in [0.1, 0.15) is 0 Å². The van der Waals surface area contributed by atoms with E-state index < -0.39 is 10.0 Å². The van der Waals surface area contributed by atoms with Crippen LogP contribution in [0.1, 0.15) is 44.9 Å². The molecule has 0 aromatic rings. The van der Waals surface area contributed by atoms with Gasteiger partial charge in [0.25, 0.3) is 0 Å². The molecule has 0 bridgehead atoms. The van der Waals surface area contributed by atoms with E-state index in [0.29, 0.717) is 12.6 Å². The summed E-state index contributed by atoms with van der Waals surface area (Å²) in [4.78, 5) is 0. The van der Waals surface area contributed by atoms with Crippen LogP contribution >= 0.6 is 0 Å². The number of nitrogens with one attached hydrogen (secondary N) is 1. The quantitative estimate of drug-likeness (QED) is 0.818. The highest BCUT2D eigenvalue weighted by atomic mass is 32.2. The number of sulfonamides is 1. The van der Waals surface area contributed by atoms with E-state index >= 15 is 0 Å². The molecular formula is C12H26N2O2S. The largest absolute Gasteiger partial charge is 0.313 e. The molecule has 4 nitrogen and oxygen atoms in total. The van der Waals surface area contributed by atoms with Crippen LogP contribution in [-0.4, -0.2) is 45.2 Å². The first-order chi connectivity index (χ1) is 8.02. The van der Waals surface area contributed by atoms with Crippen LogP contribution in [0.2, 0.25) is 0 Å². The van der Waals surface area contributed by atoms with Gasteiger partial charge in [-0.15, -0.1) is 0 Å². The van der Waals surface area contributed by atoms with Crippen molar-refractivity contribution in [3.05, 3.63) is 0 Å². The zero-order valence-electron chi connectivity index (χ0n) is 11.1. The molecule has 17 heavy (non-hydrogen) atoms. The minimum Gasteiger partial charge on any atom is -0.313 e. The molecule has 1 rings (SSSR count). The highest BCUT2D eigenvalue weighted by Crippen LogP contribution is 2.16. The van der Waals surface area contributed by atoms with Crippen molar-refractivity contribution in [3.63, 3.8) is 0 Å². The fourth-order valence-electron chi connectivity index (χ4n) is 2.23. The van der Waals surface area contributed by atoms with E-state index in [2.05, 4.69) is 5.32 Å². The molecule has 5 heteroatoms. The zero-order valence-corrected chi connectivity index (χ0v) is 11.9. The third-order valence-corrected chi connectivity index (χ3v) is 5.29. The molecule has 0 unspecified atom stereocenters. The topological polar surface area (TPSA) is 49.4 Å². The van der Waals surface area contributed by atoms with Crippen LogP contribution in [0.25, 0.3) is 0 Å². The predicted octanol–water partition coefficient (Wildman–Crippen LogP) is 1.58. The summed E-state index contributed by atoms with van der Waals surface area (Å²) < 4.78 is 24.5. The fraction of sp³-hybridized carbons (Fsp3) is 1.00. The van der Waals surface area contributed by atoms with Gasteiger partial charge in [-0.1, -0.05) is 32.1 Å². The van der Waals surface area contributed by atoms with Crippen molar-refractivity contribution in [2.75, 3.05) is 26.4 Å². The molecule has 0 spiro atoms. The number of hydrogen-bond donors (Lipinski definition) is 1. The molecule has 0 aromatic heterocycles. The lowest BCUT2D eigenvalue weighted by Crippen LogP contribution is -2.36. The summed E-state index contributed by atoms with van der Waals surface area (Å²) in [6, 6.07) is 0.521. The molecule has 102 valence electrons. The molecule has 0 heterocycles. The molecule has 1 aliphatic rings. The Hall–Kier alpha value is -0.130. The zero-order chi connectivity index (χ0) is 12.7. The maximum atomic E-state index is 11.6. The van der Waals surface area contributed by atoms with E-state index in [1.54, 1.807) is 14.1 Å². The summed E-state index contributed by atoms with van der Waals surface area (Å²) in [7, 11) is 0.132. The fourth-order valence-corrected chi connectivity index (χ4v) is 2.98. The van der Waals surface area contributed by atoms with Crippen molar-refractivity contribution in [2.45, 2.75) is 51.0 Å². The molecule has 1 aliphatic carbocycles. The molecule has 1 fully saturated rings. The third kappa shape index (κ3) is 5.84. The van der Waals surface area contributed by atoms with Crippen molar-refractivity contribution in [3.8, 4) is 0 Å². The lowest BCUT2D eigenvalue weighted by atomic mass is 9.97. The Balaban J connectivity index is 2.25. The molecule has 0 saturated heterocycles. The Morgan fingerprint density at radius 1 is 1.06 bits per heavy atom. The van der Waals surface area contributed by atoms with Crippen LogP contribution in [0.15, 0.2) is 0 Å². The van der Waals surface area contributed by atoms with E-state index in [9.17, 15) is 8.42 Å². The van der Waals surface area contributed by atoms with Gasteiger partial charge in [0.2, 0.25) is 10.0 Å². The van der Waals surface area contributed by atoms with Crippen molar-refractivity contribution in [2.24, 2.45) is 0 Å². The Bertz CT molecular complexity index is 294. The van der Waals surface area contributed by atoms with Crippen LogP contribution in [0.5, 0.6) is 0 Å². The monoisotopic (exact) mass is 262 g/mol. The Morgan fingerprint density at radius 2 is 1.59 bits per heavy atom. The molecule has 1 N–H and O–H groups in total. The number of hydrogen-bond acceptors (Lipinski definition) is 3. The van der Waals surface area contributed by atoms with Crippen LogP contribution in [0.4, 0.5) is 0 Å². The Morgan fingerprint density at radius 3 is 2.12 bits per heavy atom. The molecule has 1 saturated carbocycles. The SMILES string of the molecule is CN(C)S(=O)(=O)CCNC1CCCCCCC1. The standard InChI is InChI=1S/C12H26N2O2S/c1-14(2)17(15,16)11-10-13-12-8-6-4-3-5-7-9-12/h12-13H,3-11H2,1-2H3. The van der Waals surface area contributed by atoms with Gasteiger partial charge in [0, 0.05) is 26.7 Å². The van der Waals surface area contributed by atoms with Crippen LogP contribution in [0, 0.1) is 0 Å². The number of rotatable bonds is 5. The highest BCUT2D eigenvalue weighted by Gasteiger charge is 2.15. The van der Waals surface area contributed by atoms with Crippen molar-refractivity contribution in [1.29, 1.82) is 0 Å². The van der Waals surface area contributed by atoms with Gasteiger partial charge in [-0.3, -0.25) is 0 Å². The first kappa shape index (κ1) is 14.9. The van der Waals surface area contributed by atoms with Gasteiger partial charge in [-0.05, 0) is 12.8 Å². The summed E-state index contributed by atoms with van der Waals surface area (Å²) in [6.07, 6.45) is 8.96. The predicted molar refractivity (Wildman–Crippen MR) is 71.6 cm³/mol. The molecule has 0 aliphatic heterocycles. The van der Waals surface area contributed by atoms with Crippen LogP contribution in [0.3, 0.4) is 0 Å². The van der Waals surface area contributed by atoms with Gasteiger partial charge in [-0.2, -0.15) is 0 Å². The summed E-state index contributed by atoms with van der Waals surface area (Å²) in [5, 5.41) is 3.39. The maximum absolute atomic E-state index is 11.6. The van der Waals surface area contributed by atoms with Gasteiger partial charge in [0.05, 0.1) is 5.75 Å². The average Bonchev–Trinajstić information content (AvgIpc) is 2.20. The van der Waals surface area contributed by atoms with Crippen molar-refractivity contribution in [1.82, 2.24) is 9.62 Å². The second-order valence-electron chi connectivity index (χ2n) is 5.09. The first-order valence-electron chi connectivity index (χ1n) is 6.66. The first-order valence-corrected chi connectivity index (χ1v) is 8.27. The van der Waals surface area contributed by atoms with Gasteiger partial charge in [0.15, 0.2) is 0 Å². The highest BCUT2D eigenvalue weighted by molar-refractivity contribution is 7.89. The minimum absolute atomic E-state index is 0.205. The van der Waals surface area contributed by atoms with E-state index in [4.69, 9.17) is 0 Å². The van der Waals surface area contributed by atoms with E-state index in [1.807, 2.05) is 0 Å². The Kier molecular flexibility index (Phi) is 6.44. The summed E-state index contributed by atoms with van der Waals surface area (Å²) >= 11 is 0. The van der Waals surface area contributed by atoms with E-state index in [-0.39, 0.29) is 5.75 Å². The molecule has 0 amide bonds. The van der Waals surface area contributed by atoms with Gasteiger partial charge < -0.3 is 5.32 Å². The van der Waals surface area contributed by atoms with Crippen LogP contribution < -0.4 is 5.32 Å². The van der Waals surface area contributed by atoms with E-state index in [0.717, 1.165) is 0 Å². The minimum atomic E-state index is -3.04. The lowest BCUT2D eigenvalue weighted by Gasteiger charge is -2.21. The van der Waals surface area contributed by atoms with Crippen LogP contribution in [-0.2, 0) is 10.0 Å². The Labute approximate surface area is 106 Å². The maximum Gasteiger partial charge on any atom is 0.214 e. The summed E-state index contributed by atoms with van der Waals surface area (Å²) in [5.74, 6) is 0.205. The van der Waals surface area contributed by atoms with Crippen molar-refractivity contribution < 1.29 is 8.42 Å². The normalized spacial score (nSPS) is 20.2. The lowest BCUT2D eigenvalue weighted by molar-refractivity contribution is 0.395. The van der Waals surface area contributed by atoms with Gasteiger partial charge in [-0.25, -0.2) is 12.7 Å². The summed E-state index contributed by atoms with van der Waals surface area (Å²) in [6.45, 7) is 0.575. The van der Waals surface area contributed by atoms with E-state index in [1.165, 1.54) is 49.3 Å². The molecule has 0 radical (unpaired) electrons.